The topological polar surface area (TPSA) is 42.0 Å². The van der Waals surface area contributed by atoms with E-state index in [-0.39, 0.29) is 5.91 Å². The summed E-state index contributed by atoms with van der Waals surface area (Å²) in [5, 5.41) is 3.58. The third-order valence-corrected chi connectivity index (χ3v) is 4.81. The van der Waals surface area contributed by atoms with E-state index in [2.05, 4.69) is 36.3 Å². The van der Waals surface area contributed by atoms with Crippen LogP contribution in [0.5, 0.6) is 0 Å². The standard InChI is InChI=1S/C19H20N2OS/c1-12(2)15-9-7-14(8-10-15)11-17(22)20-19-21-18-13(3)5-4-6-16(18)23-19/h4-10,12H,11H2,1-3H3,(H,20,21,22). The van der Waals surface area contributed by atoms with E-state index in [9.17, 15) is 4.79 Å². The van der Waals surface area contributed by atoms with Crippen LogP contribution in [0.4, 0.5) is 5.13 Å². The van der Waals surface area contributed by atoms with Crippen LogP contribution in [-0.2, 0) is 11.2 Å². The highest BCUT2D eigenvalue weighted by atomic mass is 32.1. The Hall–Kier alpha value is -2.20. The highest BCUT2D eigenvalue weighted by Crippen LogP contribution is 2.28. The molecule has 0 saturated carbocycles. The summed E-state index contributed by atoms with van der Waals surface area (Å²) >= 11 is 1.51. The van der Waals surface area contributed by atoms with Crippen LogP contribution in [0.2, 0.25) is 0 Å². The molecule has 2 aromatic carbocycles. The van der Waals surface area contributed by atoms with Gasteiger partial charge in [-0.15, -0.1) is 0 Å². The van der Waals surface area contributed by atoms with Crippen molar-refractivity contribution in [1.29, 1.82) is 0 Å². The molecule has 3 aromatic rings. The zero-order valence-electron chi connectivity index (χ0n) is 13.6. The van der Waals surface area contributed by atoms with Crippen LogP contribution in [0.3, 0.4) is 0 Å². The van der Waals surface area contributed by atoms with Gasteiger partial charge in [0.05, 0.1) is 16.6 Å². The summed E-state index contributed by atoms with van der Waals surface area (Å²) in [6.45, 7) is 6.36. The maximum Gasteiger partial charge on any atom is 0.230 e. The van der Waals surface area contributed by atoms with Crippen LogP contribution in [0, 0.1) is 6.92 Å². The third kappa shape index (κ3) is 3.59. The number of hydrogen-bond donors (Lipinski definition) is 1. The Morgan fingerprint density at radius 3 is 2.57 bits per heavy atom. The van der Waals surface area contributed by atoms with Crippen molar-refractivity contribution in [3.05, 3.63) is 59.2 Å². The SMILES string of the molecule is Cc1cccc2sc(NC(=O)Cc3ccc(C(C)C)cc3)nc12. The van der Waals surface area contributed by atoms with Crippen molar-refractivity contribution in [3.8, 4) is 0 Å². The second-order valence-electron chi connectivity index (χ2n) is 6.06. The molecule has 1 amide bonds. The van der Waals surface area contributed by atoms with Crippen molar-refractivity contribution in [1.82, 2.24) is 4.98 Å². The van der Waals surface area contributed by atoms with Gasteiger partial charge in [0.1, 0.15) is 0 Å². The number of nitrogens with one attached hydrogen (secondary N) is 1. The first-order valence-electron chi connectivity index (χ1n) is 7.78. The number of fused-ring (bicyclic) bond motifs is 1. The second kappa shape index (κ2) is 6.50. The molecule has 0 aliphatic rings. The molecular weight excluding hydrogens is 304 g/mol. The number of aryl methyl sites for hydroxylation is 1. The fourth-order valence-corrected chi connectivity index (χ4v) is 3.47. The molecule has 0 radical (unpaired) electrons. The normalized spacial score (nSPS) is 11.1. The van der Waals surface area contributed by atoms with Crippen LogP contribution in [-0.4, -0.2) is 10.9 Å². The van der Waals surface area contributed by atoms with Gasteiger partial charge >= 0.3 is 0 Å². The highest BCUT2D eigenvalue weighted by Gasteiger charge is 2.10. The Balaban J connectivity index is 1.69. The van der Waals surface area contributed by atoms with Gasteiger partial charge in [0.15, 0.2) is 5.13 Å². The monoisotopic (exact) mass is 324 g/mol. The predicted molar refractivity (Wildman–Crippen MR) is 97.2 cm³/mol. The van der Waals surface area contributed by atoms with E-state index in [0.717, 1.165) is 21.3 Å². The van der Waals surface area contributed by atoms with E-state index in [1.165, 1.54) is 16.9 Å². The minimum absolute atomic E-state index is 0.0287. The summed E-state index contributed by atoms with van der Waals surface area (Å²) in [7, 11) is 0. The summed E-state index contributed by atoms with van der Waals surface area (Å²) in [5.74, 6) is 0.475. The number of carbonyl (C=O) groups is 1. The van der Waals surface area contributed by atoms with Gasteiger partial charge in [0.2, 0.25) is 5.91 Å². The van der Waals surface area contributed by atoms with E-state index in [1.807, 2.05) is 37.3 Å². The number of aromatic nitrogens is 1. The second-order valence-corrected chi connectivity index (χ2v) is 7.09. The summed E-state index contributed by atoms with van der Waals surface area (Å²) in [5.41, 5.74) is 4.40. The van der Waals surface area contributed by atoms with Gasteiger partial charge in [0, 0.05) is 0 Å². The molecule has 0 bridgehead atoms. The zero-order valence-corrected chi connectivity index (χ0v) is 14.4. The fraction of sp³-hybridized carbons (Fsp3) is 0.263. The average Bonchev–Trinajstić information content (AvgIpc) is 2.91. The third-order valence-electron chi connectivity index (χ3n) is 3.88. The molecule has 0 unspecified atom stereocenters. The predicted octanol–water partition coefficient (Wildman–Crippen LogP) is 4.91. The van der Waals surface area contributed by atoms with E-state index >= 15 is 0 Å². The maximum atomic E-state index is 12.2. The molecule has 0 fully saturated rings. The van der Waals surface area contributed by atoms with Crippen molar-refractivity contribution >= 4 is 32.6 Å². The van der Waals surface area contributed by atoms with Crippen molar-refractivity contribution in [3.63, 3.8) is 0 Å². The first-order chi connectivity index (χ1) is 11.0. The lowest BCUT2D eigenvalue weighted by Crippen LogP contribution is -2.14. The molecule has 4 heteroatoms. The Morgan fingerprint density at radius 2 is 1.91 bits per heavy atom. The van der Waals surface area contributed by atoms with E-state index < -0.39 is 0 Å². The number of hydrogen-bond acceptors (Lipinski definition) is 3. The van der Waals surface area contributed by atoms with Gasteiger partial charge in [-0.1, -0.05) is 61.6 Å². The molecule has 1 N–H and O–H groups in total. The lowest BCUT2D eigenvalue weighted by Gasteiger charge is -2.06. The summed E-state index contributed by atoms with van der Waals surface area (Å²) < 4.78 is 1.10. The van der Waals surface area contributed by atoms with Gasteiger partial charge in [-0.2, -0.15) is 0 Å². The number of carbonyl (C=O) groups excluding carboxylic acids is 1. The molecule has 1 heterocycles. The van der Waals surface area contributed by atoms with E-state index in [1.54, 1.807) is 0 Å². The van der Waals surface area contributed by atoms with E-state index in [0.29, 0.717) is 17.5 Å². The maximum absolute atomic E-state index is 12.2. The minimum Gasteiger partial charge on any atom is -0.302 e. The smallest absolute Gasteiger partial charge is 0.230 e. The minimum atomic E-state index is -0.0287. The van der Waals surface area contributed by atoms with Crippen molar-refractivity contribution in [2.45, 2.75) is 33.1 Å². The molecule has 118 valence electrons. The molecular formula is C19H20N2OS. The van der Waals surface area contributed by atoms with Crippen LogP contribution in [0.1, 0.15) is 36.5 Å². The van der Waals surface area contributed by atoms with Crippen LogP contribution in [0.25, 0.3) is 10.2 Å². The van der Waals surface area contributed by atoms with Crippen molar-refractivity contribution in [2.24, 2.45) is 0 Å². The van der Waals surface area contributed by atoms with Crippen LogP contribution in [0.15, 0.2) is 42.5 Å². The zero-order chi connectivity index (χ0) is 16.4. The summed E-state index contributed by atoms with van der Waals surface area (Å²) in [4.78, 5) is 16.7. The van der Waals surface area contributed by atoms with Crippen molar-refractivity contribution < 1.29 is 4.79 Å². The molecule has 0 aliphatic carbocycles. The first-order valence-corrected chi connectivity index (χ1v) is 8.59. The molecule has 23 heavy (non-hydrogen) atoms. The summed E-state index contributed by atoms with van der Waals surface area (Å²) in [6, 6.07) is 14.3. The summed E-state index contributed by atoms with van der Waals surface area (Å²) in [6.07, 6.45) is 0.368. The number of benzene rings is 2. The number of anilines is 1. The quantitative estimate of drug-likeness (QED) is 0.741. The van der Waals surface area contributed by atoms with Gasteiger partial charge in [-0.05, 0) is 35.6 Å². The molecule has 0 spiro atoms. The lowest BCUT2D eigenvalue weighted by molar-refractivity contribution is -0.115. The van der Waals surface area contributed by atoms with Crippen LogP contribution < -0.4 is 5.32 Å². The Morgan fingerprint density at radius 1 is 1.17 bits per heavy atom. The number of para-hydroxylation sites is 1. The number of rotatable bonds is 4. The fourth-order valence-electron chi connectivity index (χ4n) is 2.51. The largest absolute Gasteiger partial charge is 0.302 e. The molecule has 1 aromatic heterocycles. The number of amides is 1. The Bertz CT molecular complexity index is 834. The molecule has 3 nitrogen and oxygen atoms in total. The number of nitrogens with zero attached hydrogens (tertiary/aromatic N) is 1. The Labute approximate surface area is 140 Å². The first kappa shape index (κ1) is 15.7. The van der Waals surface area contributed by atoms with Gasteiger partial charge in [-0.25, -0.2) is 4.98 Å². The Kier molecular flexibility index (Phi) is 4.44. The van der Waals surface area contributed by atoms with Gasteiger partial charge in [-0.3, -0.25) is 4.79 Å². The average molecular weight is 324 g/mol. The van der Waals surface area contributed by atoms with Crippen LogP contribution >= 0.6 is 11.3 Å². The number of thiazole rings is 1. The lowest BCUT2D eigenvalue weighted by atomic mass is 10.0. The molecule has 0 atom stereocenters. The molecule has 0 saturated heterocycles. The molecule has 3 rings (SSSR count). The van der Waals surface area contributed by atoms with Gasteiger partial charge in [0.25, 0.3) is 0 Å². The highest BCUT2D eigenvalue weighted by molar-refractivity contribution is 7.22. The molecule has 0 aliphatic heterocycles. The van der Waals surface area contributed by atoms with E-state index in [4.69, 9.17) is 0 Å². The van der Waals surface area contributed by atoms with Crippen molar-refractivity contribution in [2.75, 3.05) is 5.32 Å². The van der Waals surface area contributed by atoms with Gasteiger partial charge < -0.3 is 5.32 Å².